The third kappa shape index (κ3) is 3.83. The Bertz CT molecular complexity index is 854. The lowest BCUT2D eigenvalue weighted by atomic mass is 9.83. The van der Waals surface area contributed by atoms with Gasteiger partial charge in [-0.2, -0.15) is 5.10 Å². The molecule has 4 rings (SSSR count). The second-order valence-electron chi connectivity index (χ2n) is 7.62. The van der Waals surface area contributed by atoms with E-state index >= 15 is 0 Å². The van der Waals surface area contributed by atoms with E-state index in [2.05, 4.69) is 15.7 Å². The SMILES string of the molecule is O=C(Nc1ccc(-n2cccn2)cc1)C1C(=O)NC(CC2CCCCC2)C1=O. The molecule has 2 aliphatic rings. The Morgan fingerprint density at radius 2 is 1.89 bits per heavy atom. The number of benzene rings is 1. The summed E-state index contributed by atoms with van der Waals surface area (Å²) in [5.74, 6) is -2.17. The number of nitrogens with zero attached hydrogens (tertiary/aromatic N) is 2. The van der Waals surface area contributed by atoms with Crippen molar-refractivity contribution in [2.24, 2.45) is 11.8 Å². The van der Waals surface area contributed by atoms with Crippen molar-refractivity contribution in [3.63, 3.8) is 0 Å². The molecule has 28 heavy (non-hydrogen) atoms. The molecular formula is C21H24N4O3. The highest BCUT2D eigenvalue weighted by atomic mass is 16.2. The molecule has 7 nitrogen and oxygen atoms in total. The summed E-state index contributed by atoms with van der Waals surface area (Å²) in [6.07, 6.45) is 9.94. The molecule has 1 aromatic carbocycles. The molecule has 0 bridgehead atoms. The predicted octanol–water partition coefficient (Wildman–Crippen LogP) is 2.46. The van der Waals surface area contributed by atoms with Crippen LogP contribution >= 0.6 is 0 Å². The van der Waals surface area contributed by atoms with Gasteiger partial charge in [0, 0.05) is 18.1 Å². The molecule has 0 radical (unpaired) electrons. The van der Waals surface area contributed by atoms with E-state index in [0.29, 0.717) is 18.0 Å². The number of carbonyl (C=O) groups excluding carboxylic acids is 3. The van der Waals surface area contributed by atoms with Crippen LogP contribution in [0.3, 0.4) is 0 Å². The molecule has 0 spiro atoms. The van der Waals surface area contributed by atoms with Crippen molar-refractivity contribution in [1.29, 1.82) is 0 Å². The highest BCUT2D eigenvalue weighted by Gasteiger charge is 2.46. The summed E-state index contributed by atoms with van der Waals surface area (Å²) in [7, 11) is 0. The van der Waals surface area contributed by atoms with Crippen LogP contribution in [0.5, 0.6) is 0 Å². The molecule has 1 saturated carbocycles. The smallest absolute Gasteiger partial charge is 0.244 e. The molecule has 7 heteroatoms. The first kappa shape index (κ1) is 18.4. The minimum atomic E-state index is -1.26. The number of Topliss-reactive ketones (excluding diaryl/α,β-unsaturated/α-hetero) is 1. The molecule has 2 unspecified atom stereocenters. The largest absolute Gasteiger partial charge is 0.345 e. The maximum absolute atomic E-state index is 12.7. The van der Waals surface area contributed by atoms with Crippen molar-refractivity contribution in [2.45, 2.75) is 44.6 Å². The fraction of sp³-hybridized carbons (Fsp3) is 0.429. The number of anilines is 1. The van der Waals surface area contributed by atoms with Gasteiger partial charge in [-0.25, -0.2) is 4.68 Å². The van der Waals surface area contributed by atoms with Crippen molar-refractivity contribution < 1.29 is 14.4 Å². The molecule has 1 aromatic heterocycles. The first-order valence-corrected chi connectivity index (χ1v) is 9.87. The lowest BCUT2D eigenvalue weighted by Gasteiger charge is -2.23. The van der Waals surface area contributed by atoms with E-state index < -0.39 is 23.8 Å². The molecule has 2 atom stereocenters. The molecule has 1 aliphatic heterocycles. The van der Waals surface area contributed by atoms with Crippen LogP contribution in [-0.2, 0) is 14.4 Å². The molecule has 2 fully saturated rings. The summed E-state index contributed by atoms with van der Waals surface area (Å²) in [6.45, 7) is 0. The van der Waals surface area contributed by atoms with Crippen molar-refractivity contribution >= 4 is 23.3 Å². The van der Waals surface area contributed by atoms with E-state index in [1.165, 1.54) is 19.3 Å². The standard InChI is InChI=1S/C21H24N4O3/c26-19-17(13-14-5-2-1-3-6-14)24-21(28)18(19)20(27)23-15-7-9-16(10-8-15)25-12-4-11-22-25/h4,7-12,14,17-18H,1-3,5-6,13H2,(H,23,27)(H,24,28). The van der Waals surface area contributed by atoms with Crippen LogP contribution in [0.4, 0.5) is 5.69 Å². The molecule has 2 N–H and O–H groups in total. The van der Waals surface area contributed by atoms with Gasteiger partial charge < -0.3 is 10.6 Å². The lowest BCUT2D eigenvalue weighted by molar-refractivity contribution is -0.135. The summed E-state index contributed by atoms with van der Waals surface area (Å²) in [6, 6.07) is 8.37. The number of hydrogen-bond donors (Lipinski definition) is 2. The van der Waals surface area contributed by atoms with Gasteiger partial charge in [-0.1, -0.05) is 32.1 Å². The maximum atomic E-state index is 12.7. The molecule has 2 heterocycles. The van der Waals surface area contributed by atoms with E-state index in [1.807, 2.05) is 24.4 Å². The topological polar surface area (TPSA) is 93.1 Å². The van der Waals surface area contributed by atoms with E-state index in [9.17, 15) is 14.4 Å². The summed E-state index contributed by atoms with van der Waals surface area (Å²) < 4.78 is 1.70. The number of amides is 2. The molecule has 2 aromatic rings. The number of rotatable bonds is 5. The summed E-state index contributed by atoms with van der Waals surface area (Å²) >= 11 is 0. The maximum Gasteiger partial charge on any atom is 0.244 e. The molecular weight excluding hydrogens is 356 g/mol. The Labute approximate surface area is 163 Å². The zero-order valence-electron chi connectivity index (χ0n) is 15.6. The second-order valence-corrected chi connectivity index (χ2v) is 7.62. The van der Waals surface area contributed by atoms with Crippen molar-refractivity contribution in [3.8, 4) is 5.69 Å². The van der Waals surface area contributed by atoms with Gasteiger partial charge in [-0.15, -0.1) is 0 Å². The quantitative estimate of drug-likeness (QED) is 0.780. The Morgan fingerprint density at radius 1 is 1.14 bits per heavy atom. The number of nitrogens with one attached hydrogen (secondary N) is 2. The van der Waals surface area contributed by atoms with Crippen molar-refractivity contribution in [1.82, 2.24) is 15.1 Å². The number of carbonyl (C=O) groups is 3. The van der Waals surface area contributed by atoms with Crippen LogP contribution in [-0.4, -0.2) is 33.4 Å². The summed E-state index contributed by atoms with van der Waals surface area (Å²) in [5.41, 5.74) is 1.39. The highest BCUT2D eigenvalue weighted by molar-refractivity contribution is 6.26. The van der Waals surface area contributed by atoms with Gasteiger partial charge in [0.05, 0.1) is 11.7 Å². The van der Waals surface area contributed by atoms with Gasteiger partial charge in [0.2, 0.25) is 11.8 Å². The third-order valence-electron chi connectivity index (χ3n) is 5.67. The Balaban J connectivity index is 1.38. The van der Waals surface area contributed by atoms with Gasteiger partial charge in [0.25, 0.3) is 0 Å². The van der Waals surface area contributed by atoms with Crippen LogP contribution < -0.4 is 10.6 Å². The zero-order chi connectivity index (χ0) is 19.5. The molecule has 1 saturated heterocycles. The average molecular weight is 380 g/mol. The first-order chi connectivity index (χ1) is 13.6. The second kappa shape index (κ2) is 7.96. The minimum Gasteiger partial charge on any atom is -0.345 e. The van der Waals surface area contributed by atoms with Crippen LogP contribution in [0, 0.1) is 11.8 Å². The number of aromatic nitrogens is 2. The van der Waals surface area contributed by atoms with Crippen LogP contribution in [0.1, 0.15) is 38.5 Å². The van der Waals surface area contributed by atoms with Crippen LogP contribution in [0.25, 0.3) is 5.69 Å². The Hall–Kier alpha value is -2.96. The lowest BCUT2D eigenvalue weighted by Crippen LogP contribution is -2.33. The number of ketones is 1. The zero-order valence-corrected chi connectivity index (χ0v) is 15.6. The highest BCUT2D eigenvalue weighted by Crippen LogP contribution is 2.29. The molecule has 2 amide bonds. The predicted molar refractivity (Wildman–Crippen MR) is 104 cm³/mol. The average Bonchev–Trinajstić information content (AvgIpc) is 3.32. The van der Waals surface area contributed by atoms with E-state index in [0.717, 1.165) is 18.5 Å². The van der Waals surface area contributed by atoms with E-state index in [-0.39, 0.29) is 5.78 Å². The number of hydrogen-bond acceptors (Lipinski definition) is 4. The van der Waals surface area contributed by atoms with Crippen molar-refractivity contribution in [2.75, 3.05) is 5.32 Å². The van der Waals surface area contributed by atoms with E-state index in [4.69, 9.17) is 0 Å². The molecule has 146 valence electrons. The van der Waals surface area contributed by atoms with Gasteiger partial charge in [-0.3, -0.25) is 14.4 Å². The monoisotopic (exact) mass is 380 g/mol. The summed E-state index contributed by atoms with van der Waals surface area (Å²) in [5, 5.41) is 9.57. The van der Waals surface area contributed by atoms with Gasteiger partial charge in [0.1, 0.15) is 0 Å². The van der Waals surface area contributed by atoms with Crippen molar-refractivity contribution in [3.05, 3.63) is 42.7 Å². The van der Waals surface area contributed by atoms with Gasteiger partial charge in [-0.05, 0) is 42.7 Å². The van der Waals surface area contributed by atoms with Crippen LogP contribution in [0.2, 0.25) is 0 Å². The van der Waals surface area contributed by atoms with Gasteiger partial charge in [0.15, 0.2) is 11.7 Å². The fourth-order valence-electron chi connectivity index (χ4n) is 4.17. The fourth-order valence-corrected chi connectivity index (χ4v) is 4.17. The Kier molecular flexibility index (Phi) is 5.23. The summed E-state index contributed by atoms with van der Waals surface area (Å²) in [4.78, 5) is 37.5. The van der Waals surface area contributed by atoms with Gasteiger partial charge >= 0.3 is 0 Å². The minimum absolute atomic E-state index is 0.304. The third-order valence-corrected chi connectivity index (χ3v) is 5.67. The Morgan fingerprint density at radius 3 is 2.57 bits per heavy atom. The normalized spacial score (nSPS) is 22.9. The van der Waals surface area contributed by atoms with Crippen LogP contribution in [0.15, 0.2) is 42.7 Å². The molecule has 1 aliphatic carbocycles. The first-order valence-electron chi connectivity index (χ1n) is 9.87. The van der Waals surface area contributed by atoms with E-state index in [1.54, 1.807) is 23.0 Å².